The summed E-state index contributed by atoms with van der Waals surface area (Å²) >= 11 is 0. The number of amides is 1. The molecule has 0 aliphatic rings. The molecule has 30 heavy (non-hydrogen) atoms. The Morgan fingerprint density at radius 2 is 1.80 bits per heavy atom. The summed E-state index contributed by atoms with van der Waals surface area (Å²) in [5.41, 5.74) is -0.117. The molecule has 0 saturated carbocycles. The first-order chi connectivity index (χ1) is 14.1. The van der Waals surface area contributed by atoms with Crippen molar-refractivity contribution < 1.29 is 23.1 Å². The van der Waals surface area contributed by atoms with Crippen molar-refractivity contribution >= 4 is 11.9 Å². The van der Waals surface area contributed by atoms with Crippen LogP contribution in [0.15, 0.2) is 42.5 Å². The number of esters is 1. The van der Waals surface area contributed by atoms with Crippen LogP contribution in [0.4, 0.5) is 8.78 Å². The van der Waals surface area contributed by atoms with Crippen LogP contribution in [-0.4, -0.2) is 38.1 Å². The number of ether oxygens (including phenoxy) is 1. The van der Waals surface area contributed by atoms with E-state index in [1.807, 2.05) is 0 Å². The Balaban J connectivity index is 1.87. The molecule has 2 aromatic carbocycles. The third-order valence-corrected chi connectivity index (χ3v) is 3.93. The van der Waals surface area contributed by atoms with E-state index in [2.05, 4.69) is 25.9 Å². The van der Waals surface area contributed by atoms with Gasteiger partial charge < -0.3 is 10.1 Å². The van der Waals surface area contributed by atoms with Crippen molar-refractivity contribution in [1.82, 2.24) is 25.9 Å². The normalized spacial score (nSPS) is 12.3. The Labute approximate surface area is 170 Å². The number of rotatable bonds is 5. The van der Waals surface area contributed by atoms with E-state index in [1.54, 1.807) is 20.8 Å². The summed E-state index contributed by atoms with van der Waals surface area (Å²) in [5.74, 6) is -3.21. The average molecular weight is 415 g/mol. The highest BCUT2D eigenvalue weighted by atomic mass is 19.2. The van der Waals surface area contributed by atoms with Gasteiger partial charge in [-0.25, -0.2) is 13.6 Å². The number of H-pyrrole nitrogens is 1. The lowest BCUT2D eigenvalue weighted by molar-refractivity contribution is 0.00695. The van der Waals surface area contributed by atoms with Gasteiger partial charge in [0.05, 0.1) is 5.56 Å². The predicted octanol–water partition coefficient (Wildman–Crippen LogP) is 2.95. The van der Waals surface area contributed by atoms with Crippen LogP contribution in [0.1, 0.15) is 58.9 Å². The molecular weight excluding hydrogens is 396 g/mol. The first kappa shape index (κ1) is 21.0. The van der Waals surface area contributed by atoms with Gasteiger partial charge in [-0.15, -0.1) is 10.2 Å². The van der Waals surface area contributed by atoms with Crippen LogP contribution in [-0.2, 0) is 4.74 Å². The van der Waals surface area contributed by atoms with E-state index in [0.29, 0.717) is 0 Å². The largest absolute Gasteiger partial charge is 0.456 e. The number of aromatic amines is 1. The molecule has 156 valence electrons. The second-order valence-corrected chi connectivity index (χ2v) is 7.43. The van der Waals surface area contributed by atoms with Crippen LogP contribution in [0.3, 0.4) is 0 Å². The molecule has 0 saturated heterocycles. The van der Waals surface area contributed by atoms with Gasteiger partial charge >= 0.3 is 5.97 Å². The lowest BCUT2D eigenvalue weighted by Crippen LogP contribution is -2.30. The van der Waals surface area contributed by atoms with Crippen molar-refractivity contribution in [1.29, 1.82) is 0 Å². The van der Waals surface area contributed by atoms with Crippen molar-refractivity contribution in [2.24, 2.45) is 0 Å². The minimum absolute atomic E-state index is 0.0534. The standard InChI is InChI=1S/C20H19F2N5O3/c1-20(2,3)30-19(29)13-6-4-5-12(9-13)18(28)23-16(17-24-26-27-25-17)11-7-8-14(21)15(22)10-11/h4-10,16H,1-3H3,(H,23,28)(H,24,25,26,27)/t16-/m1/s1. The minimum Gasteiger partial charge on any atom is -0.456 e. The number of carbonyl (C=O) groups excluding carboxylic acids is 2. The van der Waals surface area contributed by atoms with Gasteiger partial charge in [-0.1, -0.05) is 17.3 Å². The fourth-order valence-corrected chi connectivity index (χ4v) is 2.62. The Bertz CT molecular complexity index is 1060. The molecule has 1 amide bonds. The smallest absolute Gasteiger partial charge is 0.338 e. The SMILES string of the molecule is CC(C)(C)OC(=O)c1cccc(C(=O)N[C@H](c2ccc(F)c(F)c2)c2nn[nH]n2)c1. The first-order valence-corrected chi connectivity index (χ1v) is 8.96. The molecular formula is C20H19F2N5O3. The van der Waals surface area contributed by atoms with Crippen LogP contribution in [0.2, 0.25) is 0 Å². The number of tetrazole rings is 1. The van der Waals surface area contributed by atoms with Gasteiger partial charge in [0.1, 0.15) is 11.6 Å². The van der Waals surface area contributed by atoms with Crippen LogP contribution >= 0.6 is 0 Å². The zero-order chi connectivity index (χ0) is 21.9. The van der Waals surface area contributed by atoms with E-state index < -0.39 is 35.2 Å². The minimum atomic E-state index is -1.08. The number of hydrogen-bond donors (Lipinski definition) is 2. The topological polar surface area (TPSA) is 110 Å². The fourth-order valence-electron chi connectivity index (χ4n) is 2.62. The molecule has 0 aliphatic carbocycles. The molecule has 0 spiro atoms. The summed E-state index contributed by atoms with van der Waals surface area (Å²) in [7, 11) is 0. The number of nitrogens with one attached hydrogen (secondary N) is 2. The molecule has 2 N–H and O–H groups in total. The molecule has 10 heteroatoms. The van der Waals surface area contributed by atoms with E-state index in [-0.39, 0.29) is 22.5 Å². The van der Waals surface area contributed by atoms with Crippen molar-refractivity contribution in [3.8, 4) is 0 Å². The molecule has 0 unspecified atom stereocenters. The highest BCUT2D eigenvalue weighted by Crippen LogP contribution is 2.22. The van der Waals surface area contributed by atoms with E-state index in [1.165, 1.54) is 30.3 Å². The maximum atomic E-state index is 13.7. The first-order valence-electron chi connectivity index (χ1n) is 8.96. The van der Waals surface area contributed by atoms with Gasteiger partial charge in [0.25, 0.3) is 5.91 Å². The van der Waals surface area contributed by atoms with Crippen LogP contribution in [0.25, 0.3) is 0 Å². The van der Waals surface area contributed by atoms with Gasteiger partial charge in [0.2, 0.25) is 5.82 Å². The van der Waals surface area contributed by atoms with E-state index in [0.717, 1.165) is 12.1 Å². The number of nitrogens with zero attached hydrogens (tertiary/aromatic N) is 3. The van der Waals surface area contributed by atoms with Gasteiger partial charge in [0.15, 0.2) is 11.6 Å². The maximum absolute atomic E-state index is 13.7. The van der Waals surface area contributed by atoms with Crippen LogP contribution < -0.4 is 5.32 Å². The lowest BCUT2D eigenvalue weighted by atomic mass is 10.0. The summed E-state index contributed by atoms with van der Waals surface area (Å²) in [6.45, 7) is 5.20. The van der Waals surface area contributed by atoms with Crippen molar-refractivity contribution in [3.05, 3.63) is 76.6 Å². The predicted molar refractivity (Wildman–Crippen MR) is 101 cm³/mol. The molecule has 3 rings (SSSR count). The fraction of sp³-hybridized carbons (Fsp3) is 0.250. The van der Waals surface area contributed by atoms with Crippen LogP contribution in [0.5, 0.6) is 0 Å². The third kappa shape index (κ3) is 5.02. The number of carbonyl (C=O) groups is 2. The quantitative estimate of drug-likeness (QED) is 0.620. The number of halogens is 2. The number of aromatic nitrogens is 4. The molecule has 1 heterocycles. The summed E-state index contributed by atoms with van der Waals surface area (Å²) in [5, 5.41) is 16.0. The molecule has 3 aromatic rings. The maximum Gasteiger partial charge on any atom is 0.338 e. The highest BCUT2D eigenvalue weighted by molar-refractivity contribution is 5.98. The lowest BCUT2D eigenvalue weighted by Gasteiger charge is -2.20. The van der Waals surface area contributed by atoms with Gasteiger partial charge in [-0.2, -0.15) is 5.21 Å². The van der Waals surface area contributed by atoms with Gasteiger partial charge in [-0.05, 0) is 56.7 Å². The molecule has 1 atom stereocenters. The molecule has 0 aliphatic heterocycles. The summed E-state index contributed by atoms with van der Waals surface area (Å²) in [6, 6.07) is 8.12. The van der Waals surface area contributed by atoms with Crippen molar-refractivity contribution in [2.75, 3.05) is 0 Å². The van der Waals surface area contributed by atoms with Crippen molar-refractivity contribution in [3.63, 3.8) is 0 Å². The molecule has 8 nitrogen and oxygen atoms in total. The molecule has 0 radical (unpaired) electrons. The third-order valence-electron chi connectivity index (χ3n) is 3.93. The Hall–Kier alpha value is -3.69. The average Bonchev–Trinajstić information content (AvgIpc) is 3.21. The Morgan fingerprint density at radius 1 is 1.07 bits per heavy atom. The van der Waals surface area contributed by atoms with Gasteiger partial charge in [-0.3, -0.25) is 4.79 Å². The van der Waals surface area contributed by atoms with Gasteiger partial charge in [0, 0.05) is 5.56 Å². The van der Waals surface area contributed by atoms with E-state index >= 15 is 0 Å². The highest BCUT2D eigenvalue weighted by Gasteiger charge is 2.24. The van der Waals surface area contributed by atoms with E-state index in [4.69, 9.17) is 4.74 Å². The molecule has 0 bridgehead atoms. The molecule has 0 fully saturated rings. The summed E-state index contributed by atoms with van der Waals surface area (Å²) in [4.78, 5) is 25.1. The van der Waals surface area contributed by atoms with Crippen molar-refractivity contribution in [2.45, 2.75) is 32.4 Å². The van der Waals surface area contributed by atoms with Crippen LogP contribution in [0, 0.1) is 11.6 Å². The second kappa shape index (κ2) is 8.36. The Morgan fingerprint density at radius 3 is 2.43 bits per heavy atom. The monoisotopic (exact) mass is 415 g/mol. The second-order valence-electron chi connectivity index (χ2n) is 7.43. The summed E-state index contributed by atoms with van der Waals surface area (Å²) in [6.07, 6.45) is 0. The van der Waals surface area contributed by atoms with E-state index in [9.17, 15) is 18.4 Å². The molecule has 1 aromatic heterocycles. The zero-order valence-corrected chi connectivity index (χ0v) is 16.4. The zero-order valence-electron chi connectivity index (χ0n) is 16.4. The summed E-state index contributed by atoms with van der Waals surface area (Å²) < 4.78 is 32.3. The Kier molecular flexibility index (Phi) is 5.86. The number of hydrogen-bond acceptors (Lipinski definition) is 6. The number of benzene rings is 2.